The molecule has 1 saturated carbocycles. The van der Waals surface area contributed by atoms with Crippen molar-refractivity contribution in [1.29, 1.82) is 0 Å². The molecule has 0 atom stereocenters. The predicted octanol–water partition coefficient (Wildman–Crippen LogP) is 1.53. The predicted molar refractivity (Wildman–Crippen MR) is 67.8 cm³/mol. The Hall–Kier alpha value is -1.88. The van der Waals surface area contributed by atoms with Gasteiger partial charge in [0.25, 0.3) is 0 Å². The highest BCUT2D eigenvalue weighted by atomic mass is 16.5. The SMILES string of the molecule is COc1cccc(-n2ncc(CNC3CC3)n2)c1. The van der Waals surface area contributed by atoms with Crippen LogP contribution in [-0.2, 0) is 6.54 Å². The number of nitrogens with one attached hydrogen (secondary N) is 1. The molecular formula is C13H16N4O. The second-order valence-electron chi connectivity index (χ2n) is 4.48. The Labute approximate surface area is 106 Å². The van der Waals surface area contributed by atoms with Gasteiger partial charge in [0.2, 0.25) is 0 Å². The molecule has 0 radical (unpaired) electrons. The molecule has 0 spiro atoms. The second kappa shape index (κ2) is 4.78. The van der Waals surface area contributed by atoms with E-state index in [0.29, 0.717) is 6.04 Å². The van der Waals surface area contributed by atoms with E-state index in [4.69, 9.17) is 4.74 Å². The van der Waals surface area contributed by atoms with Crippen molar-refractivity contribution in [1.82, 2.24) is 20.3 Å². The number of ether oxygens (including phenoxy) is 1. The van der Waals surface area contributed by atoms with Gasteiger partial charge in [-0.05, 0) is 25.0 Å². The van der Waals surface area contributed by atoms with Crippen LogP contribution in [0.2, 0.25) is 0 Å². The van der Waals surface area contributed by atoms with Crippen LogP contribution in [0.25, 0.3) is 5.69 Å². The van der Waals surface area contributed by atoms with Crippen LogP contribution in [0.1, 0.15) is 18.5 Å². The van der Waals surface area contributed by atoms with Gasteiger partial charge < -0.3 is 10.1 Å². The number of hydrogen-bond acceptors (Lipinski definition) is 4. The van der Waals surface area contributed by atoms with Crippen molar-refractivity contribution in [2.75, 3.05) is 7.11 Å². The summed E-state index contributed by atoms with van der Waals surface area (Å²) >= 11 is 0. The van der Waals surface area contributed by atoms with Crippen LogP contribution >= 0.6 is 0 Å². The van der Waals surface area contributed by atoms with Crippen LogP contribution in [-0.4, -0.2) is 28.1 Å². The van der Waals surface area contributed by atoms with E-state index in [0.717, 1.165) is 23.7 Å². The van der Waals surface area contributed by atoms with E-state index in [1.165, 1.54) is 12.8 Å². The summed E-state index contributed by atoms with van der Waals surface area (Å²) in [5, 5.41) is 12.1. The summed E-state index contributed by atoms with van der Waals surface area (Å²) < 4.78 is 5.19. The smallest absolute Gasteiger partial charge is 0.121 e. The third-order valence-corrected chi connectivity index (χ3v) is 2.97. The molecule has 0 aliphatic heterocycles. The highest BCUT2D eigenvalue weighted by Gasteiger charge is 2.20. The standard InChI is InChI=1S/C13H16N4O/c1-18-13-4-2-3-12(7-13)17-15-9-11(16-17)8-14-10-5-6-10/h2-4,7,9-10,14H,5-6,8H2,1H3. The van der Waals surface area contributed by atoms with Crippen molar-refractivity contribution in [2.24, 2.45) is 0 Å². The Bertz CT molecular complexity index is 533. The van der Waals surface area contributed by atoms with Gasteiger partial charge in [-0.25, -0.2) is 0 Å². The Kier molecular flexibility index (Phi) is 2.98. The van der Waals surface area contributed by atoms with Crippen molar-refractivity contribution in [3.63, 3.8) is 0 Å². The fourth-order valence-electron chi connectivity index (χ4n) is 1.77. The van der Waals surface area contributed by atoms with Gasteiger partial charge in [0.05, 0.1) is 24.7 Å². The lowest BCUT2D eigenvalue weighted by Crippen LogP contribution is -2.15. The van der Waals surface area contributed by atoms with Gasteiger partial charge in [0.15, 0.2) is 0 Å². The van der Waals surface area contributed by atoms with Gasteiger partial charge in [-0.15, -0.1) is 0 Å². The Morgan fingerprint density at radius 3 is 3.11 bits per heavy atom. The number of benzene rings is 1. The van der Waals surface area contributed by atoms with Gasteiger partial charge in [-0.1, -0.05) is 6.07 Å². The van der Waals surface area contributed by atoms with Gasteiger partial charge >= 0.3 is 0 Å². The molecule has 1 fully saturated rings. The van der Waals surface area contributed by atoms with Crippen LogP contribution in [0.15, 0.2) is 30.5 Å². The summed E-state index contributed by atoms with van der Waals surface area (Å²) in [5.74, 6) is 0.808. The zero-order valence-electron chi connectivity index (χ0n) is 10.3. The van der Waals surface area contributed by atoms with E-state index >= 15 is 0 Å². The molecule has 0 saturated heterocycles. The number of rotatable bonds is 5. The van der Waals surface area contributed by atoms with Gasteiger partial charge in [-0.3, -0.25) is 0 Å². The summed E-state index contributed by atoms with van der Waals surface area (Å²) in [6, 6.07) is 8.40. The van der Waals surface area contributed by atoms with Crippen LogP contribution < -0.4 is 10.1 Å². The van der Waals surface area contributed by atoms with E-state index in [1.54, 1.807) is 18.1 Å². The zero-order chi connectivity index (χ0) is 12.4. The molecule has 1 aliphatic carbocycles. The first-order chi connectivity index (χ1) is 8.85. The fraction of sp³-hybridized carbons (Fsp3) is 0.385. The molecule has 5 heteroatoms. The lowest BCUT2D eigenvalue weighted by Gasteiger charge is -2.03. The Morgan fingerprint density at radius 2 is 2.33 bits per heavy atom. The molecule has 2 aromatic rings. The van der Waals surface area contributed by atoms with Crippen LogP contribution in [0, 0.1) is 0 Å². The first-order valence-electron chi connectivity index (χ1n) is 6.14. The molecular weight excluding hydrogens is 228 g/mol. The lowest BCUT2D eigenvalue weighted by molar-refractivity contribution is 0.414. The first kappa shape index (κ1) is 11.2. The molecule has 0 unspecified atom stereocenters. The molecule has 1 aromatic carbocycles. The molecule has 5 nitrogen and oxygen atoms in total. The molecule has 0 bridgehead atoms. The summed E-state index contributed by atoms with van der Waals surface area (Å²) in [6.45, 7) is 0.786. The maximum absolute atomic E-state index is 5.19. The highest BCUT2D eigenvalue weighted by Crippen LogP contribution is 2.19. The average Bonchev–Trinajstić information content (AvgIpc) is 3.13. The lowest BCUT2D eigenvalue weighted by atomic mass is 10.3. The average molecular weight is 244 g/mol. The Morgan fingerprint density at radius 1 is 1.44 bits per heavy atom. The first-order valence-corrected chi connectivity index (χ1v) is 6.14. The van der Waals surface area contributed by atoms with Crippen molar-refractivity contribution in [3.05, 3.63) is 36.2 Å². The van der Waals surface area contributed by atoms with E-state index in [-0.39, 0.29) is 0 Å². The van der Waals surface area contributed by atoms with Crippen molar-refractivity contribution in [2.45, 2.75) is 25.4 Å². The third kappa shape index (κ3) is 2.51. The second-order valence-corrected chi connectivity index (χ2v) is 4.48. The van der Waals surface area contributed by atoms with Gasteiger partial charge in [0, 0.05) is 18.7 Å². The Balaban J connectivity index is 1.74. The summed E-state index contributed by atoms with van der Waals surface area (Å²) in [7, 11) is 1.65. The monoisotopic (exact) mass is 244 g/mol. The number of methoxy groups -OCH3 is 1. The van der Waals surface area contributed by atoms with Gasteiger partial charge in [0.1, 0.15) is 5.75 Å². The van der Waals surface area contributed by atoms with Crippen LogP contribution in [0.5, 0.6) is 5.75 Å². The zero-order valence-corrected chi connectivity index (χ0v) is 10.3. The summed E-state index contributed by atoms with van der Waals surface area (Å²) in [5.41, 5.74) is 1.87. The molecule has 3 rings (SSSR count). The molecule has 94 valence electrons. The minimum atomic E-state index is 0.687. The maximum atomic E-state index is 5.19. The summed E-state index contributed by atoms with van der Waals surface area (Å²) in [6.07, 6.45) is 4.36. The van der Waals surface area contributed by atoms with E-state index in [9.17, 15) is 0 Å². The molecule has 1 aromatic heterocycles. The van der Waals surface area contributed by atoms with Crippen molar-refractivity contribution >= 4 is 0 Å². The molecule has 0 amide bonds. The fourth-order valence-corrected chi connectivity index (χ4v) is 1.77. The number of aromatic nitrogens is 3. The highest BCUT2D eigenvalue weighted by molar-refractivity contribution is 5.37. The van der Waals surface area contributed by atoms with E-state index in [2.05, 4.69) is 15.5 Å². The normalized spacial score (nSPS) is 14.7. The van der Waals surface area contributed by atoms with Gasteiger partial charge in [-0.2, -0.15) is 15.0 Å². The molecule has 18 heavy (non-hydrogen) atoms. The van der Waals surface area contributed by atoms with E-state index < -0.39 is 0 Å². The molecule has 1 N–H and O–H groups in total. The van der Waals surface area contributed by atoms with Crippen molar-refractivity contribution < 1.29 is 4.74 Å². The topological polar surface area (TPSA) is 52.0 Å². The quantitative estimate of drug-likeness (QED) is 0.866. The molecule has 1 aliphatic rings. The molecule has 1 heterocycles. The van der Waals surface area contributed by atoms with E-state index in [1.807, 2.05) is 24.3 Å². The summed E-state index contributed by atoms with van der Waals surface area (Å²) in [4.78, 5) is 1.63. The van der Waals surface area contributed by atoms with Crippen LogP contribution in [0.3, 0.4) is 0 Å². The van der Waals surface area contributed by atoms with Crippen molar-refractivity contribution in [3.8, 4) is 11.4 Å². The van der Waals surface area contributed by atoms with Crippen LogP contribution in [0.4, 0.5) is 0 Å². The minimum absolute atomic E-state index is 0.687. The number of hydrogen-bond donors (Lipinski definition) is 1. The minimum Gasteiger partial charge on any atom is -0.497 e. The number of nitrogens with zero attached hydrogens (tertiary/aromatic N) is 3. The largest absolute Gasteiger partial charge is 0.497 e. The maximum Gasteiger partial charge on any atom is 0.121 e. The third-order valence-electron chi connectivity index (χ3n) is 2.97.